The highest BCUT2D eigenvalue weighted by molar-refractivity contribution is 6.15. The summed E-state index contributed by atoms with van der Waals surface area (Å²) >= 11 is 0. The van der Waals surface area contributed by atoms with E-state index in [1.54, 1.807) is 17.9 Å². The van der Waals surface area contributed by atoms with Crippen LogP contribution in [0.25, 0.3) is 21.8 Å². The van der Waals surface area contributed by atoms with E-state index in [-0.39, 0.29) is 5.91 Å². The predicted molar refractivity (Wildman–Crippen MR) is 72.4 cm³/mol. The molecule has 0 fully saturated rings. The number of rotatable bonds is 1. The maximum absolute atomic E-state index is 12.5. The molecule has 1 aromatic carbocycles. The highest BCUT2D eigenvalue weighted by atomic mass is 16.5. The summed E-state index contributed by atoms with van der Waals surface area (Å²) in [6, 6.07) is 9.91. The molecule has 1 aliphatic heterocycles. The van der Waals surface area contributed by atoms with Crippen LogP contribution >= 0.6 is 0 Å². The van der Waals surface area contributed by atoms with E-state index in [0.29, 0.717) is 6.42 Å². The molecule has 3 heterocycles. The van der Waals surface area contributed by atoms with Crippen LogP contribution in [-0.4, -0.2) is 28.7 Å². The van der Waals surface area contributed by atoms with Crippen molar-refractivity contribution in [2.75, 3.05) is 7.11 Å². The van der Waals surface area contributed by atoms with Crippen LogP contribution in [0.2, 0.25) is 0 Å². The fourth-order valence-electron chi connectivity index (χ4n) is 2.95. The lowest BCUT2D eigenvalue weighted by Gasteiger charge is -2.21. The molecule has 1 atom stereocenters. The average molecular weight is 252 g/mol. The minimum atomic E-state index is -0.443. The number of aromatic nitrogens is 2. The molecule has 0 saturated heterocycles. The molecule has 0 bridgehead atoms. The molecular weight excluding hydrogens is 240 g/mol. The molecule has 19 heavy (non-hydrogen) atoms. The van der Waals surface area contributed by atoms with Gasteiger partial charge in [0.2, 0.25) is 0 Å². The molecule has 4 rings (SSSR count). The molecule has 1 aliphatic rings. The van der Waals surface area contributed by atoms with Crippen LogP contribution < -0.4 is 0 Å². The van der Waals surface area contributed by atoms with E-state index in [2.05, 4.69) is 4.98 Å². The lowest BCUT2D eigenvalue weighted by Crippen LogP contribution is -2.34. The van der Waals surface area contributed by atoms with E-state index in [0.717, 1.165) is 27.5 Å². The van der Waals surface area contributed by atoms with Gasteiger partial charge < -0.3 is 4.74 Å². The zero-order valence-electron chi connectivity index (χ0n) is 10.5. The second kappa shape index (κ2) is 3.65. The van der Waals surface area contributed by atoms with Gasteiger partial charge in [0.25, 0.3) is 5.91 Å². The van der Waals surface area contributed by atoms with Gasteiger partial charge in [-0.25, -0.2) is 0 Å². The summed E-state index contributed by atoms with van der Waals surface area (Å²) in [5.41, 5.74) is 2.79. The van der Waals surface area contributed by atoms with Crippen molar-refractivity contribution < 1.29 is 9.53 Å². The number of hydrogen-bond acceptors (Lipinski definition) is 3. The van der Waals surface area contributed by atoms with Gasteiger partial charge in [-0.05, 0) is 12.1 Å². The van der Waals surface area contributed by atoms with E-state index in [4.69, 9.17) is 4.74 Å². The summed E-state index contributed by atoms with van der Waals surface area (Å²) < 4.78 is 7.05. The molecule has 0 unspecified atom stereocenters. The minimum absolute atomic E-state index is 0.00537. The molecular formula is C15H12N2O2. The largest absolute Gasteiger partial charge is 0.371 e. The van der Waals surface area contributed by atoms with Crippen molar-refractivity contribution >= 4 is 27.7 Å². The Morgan fingerprint density at radius 2 is 2.11 bits per heavy atom. The first kappa shape index (κ1) is 10.7. The van der Waals surface area contributed by atoms with Gasteiger partial charge >= 0.3 is 0 Å². The normalized spacial score (nSPS) is 18.4. The standard InChI is InChI=1S/C15H12N2O2/c1-19-13-8-11-14-10(6-7-16-11)9-4-2-3-5-12(9)17(14)15(13)18/h2-7,13H,8H2,1H3/t13-/m1/s1. The summed E-state index contributed by atoms with van der Waals surface area (Å²) in [6.45, 7) is 0. The number of para-hydroxylation sites is 1. The fourth-order valence-corrected chi connectivity index (χ4v) is 2.95. The Morgan fingerprint density at radius 3 is 2.95 bits per heavy atom. The monoisotopic (exact) mass is 252 g/mol. The zero-order valence-corrected chi connectivity index (χ0v) is 10.5. The number of pyridine rings is 1. The van der Waals surface area contributed by atoms with Crippen molar-refractivity contribution in [3.8, 4) is 0 Å². The Balaban J connectivity index is 2.23. The lowest BCUT2D eigenvalue weighted by molar-refractivity contribution is 0.0511. The van der Waals surface area contributed by atoms with Gasteiger partial charge in [-0.1, -0.05) is 18.2 Å². The third kappa shape index (κ3) is 1.26. The number of carbonyl (C=O) groups is 1. The molecule has 2 aromatic heterocycles. The molecule has 3 aromatic rings. The number of carbonyl (C=O) groups excluding carboxylic acids is 1. The fraction of sp³-hybridized carbons (Fsp3) is 0.200. The number of nitrogens with zero attached hydrogens (tertiary/aromatic N) is 2. The van der Waals surface area contributed by atoms with Crippen LogP contribution in [0.4, 0.5) is 0 Å². The van der Waals surface area contributed by atoms with Gasteiger partial charge in [-0.3, -0.25) is 14.3 Å². The smallest absolute Gasteiger partial charge is 0.261 e. The first-order chi connectivity index (χ1) is 9.31. The summed E-state index contributed by atoms with van der Waals surface area (Å²) in [7, 11) is 1.57. The van der Waals surface area contributed by atoms with Gasteiger partial charge in [-0.2, -0.15) is 0 Å². The van der Waals surface area contributed by atoms with Crippen LogP contribution in [0.15, 0.2) is 36.5 Å². The quantitative estimate of drug-likeness (QED) is 0.668. The maximum atomic E-state index is 12.5. The summed E-state index contributed by atoms with van der Waals surface area (Å²) in [5, 5.41) is 2.18. The second-order valence-corrected chi connectivity index (χ2v) is 4.77. The zero-order chi connectivity index (χ0) is 13.0. The summed E-state index contributed by atoms with van der Waals surface area (Å²) in [4.78, 5) is 16.9. The van der Waals surface area contributed by atoms with Crippen LogP contribution in [0.3, 0.4) is 0 Å². The SMILES string of the molecule is CO[C@@H]1Cc2nccc3c4ccccc4n(c23)C1=O. The van der Waals surface area contributed by atoms with Gasteiger partial charge in [0.1, 0.15) is 6.10 Å². The Kier molecular flexibility index (Phi) is 2.05. The molecule has 0 radical (unpaired) electrons. The molecule has 0 amide bonds. The van der Waals surface area contributed by atoms with Gasteiger partial charge in [0.15, 0.2) is 0 Å². The molecule has 0 spiro atoms. The van der Waals surface area contributed by atoms with Crippen molar-refractivity contribution in [3.63, 3.8) is 0 Å². The summed E-state index contributed by atoms with van der Waals surface area (Å²) in [6.07, 6.45) is 1.90. The molecule has 0 saturated carbocycles. The van der Waals surface area contributed by atoms with Gasteiger partial charge in [0, 0.05) is 30.5 Å². The predicted octanol–water partition coefficient (Wildman–Crippen LogP) is 2.40. The minimum Gasteiger partial charge on any atom is -0.371 e. The van der Waals surface area contributed by atoms with Crippen LogP contribution in [0, 0.1) is 0 Å². The van der Waals surface area contributed by atoms with E-state index >= 15 is 0 Å². The number of ether oxygens (including phenoxy) is 1. The second-order valence-electron chi connectivity index (χ2n) is 4.77. The van der Waals surface area contributed by atoms with Crippen molar-refractivity contribution in [2.24, 2.45) is 0 Å². The molecule has 0 aliphatic carbocycles. The Hall–Kier alpha value is -2.20. The highest BCUT2D eigenvalue weighted by Crippen LogP contribution is 2.33. The van der Waals surface area contributed by atoms with E-state index < -0.39 is 6.10 Å². The molecule has 4 nitrogen and oxygen atoms in total. The Bertz CT molecular complexity index is 819. The number of benzene rings is 1. The maximum Gasteiger partial charge on any atom is 0.261 e. The molecule has 0 N–H and O–H groups in total. The van der Waals surface area contributed by atoms with Gasteiger partial charge in [0.05, 0.1) is 16.7 Å². The van der Waals surface area contributed by atoms with E-state index in [1.807, 2.05) is 30.3 Å². The lowest BCUT2D eigenvalue weighted by atomic mass is 10.1. The molecule has 94 valence electrons. The summed E-state index contributed by atoms with van der Waals surface area (Å²) in [5.74, 6) is -0.00537. The van der Waals surface area contributed by atoms with Crippen molar-refractivity contribution in [3.05, 3.63) is 42.2 Å². The van der Waals surface area contributed by atoms with Crippen molar-refractivity contribution in [1.82, 2.24) is 9.55 Å². The average Bonchev–Trinajstić information content (AvgIpc) is 2.79. The Labute approximate surface area is 109 Å². The Morgan fingerprint density at radius 1 is 1.26 bits per heavy atom. The van der Waals surface area contributed by atoms with Crippen molar-refractivity contribution in [2.45, 2.75) is 12.5 Å². The van der Waals surface area contributed by atoms with Crippen LogP contribution in [-0.2, 0) is 11.2 Å². The first-order valence-electron chi connectivity index (χ1n) is 6.25. The number of fused-ring (bicyclic) bond motifs is 3. The highest BCUT2D eigenvalue weighted by Gasteiger charge is 2.31. The van der Waals surface area contributed by atoms with Crippen LogP contribution in [0.5, 0.6) is 0 Å². The number of methoxy groups -OCH3 is 1. The van der Waals surface area contributed by atoms with Crippen LogP contribution in [0.1, 0.15) is 10.5 Å². The topological polar surface area (TPSA) is 44.1 Å². The van der Waals surface area contributed by atoms with E-state index in [1.165, 1.54) is 0 Å². The number of hydrogen-bond donors (Lipinski definition) is 0. The van der Waals surface area contributed by atoms with Crippen molar-refractivity contribution in [1.29, 1.82) is 0 Å². The molecule has 4 heteroatoms. The third-order valence-electron chi connectivity index (χ3n) is 3.82. The van der Waals surface area contributed by atoms with E-state index in [9.17, 15) is 4.79 Å². The third-order valence-corrected chi connectivity index (χ3v) is 3.82. The van der Waals surface area contributed by atoms with Gasteiger partial charge in [-0.15, -0.1) is 0 Å². The first-order valence-corrected chi connectivity index (χ1v) is 6.25.